The molecule has 2 heterocycles. The highest BCUT2D eigenvalue weighted by atomic mass is 32.1. The number of amides is 5. The number of nitrogens with zero attached hydrogens (tertiary/aromatic N) is 3. The van der Waals surface area contributed by atoms with Crippen molar-refractivity contribution in [1.29, 1.82) is 0 Å². The van der Waals surface area contributed by atoms with Gasteiger partial charge >= 0.3 is 5.97 Å². The number of carbonyl (C=O) groups is 6. The van der Waals surface area contributed by atoms with E-state index in [4.69, 9.17) is 10.5 Å². The molecule has 16 heteroatoms. The number of nitrogens with two attached hydrogens (primary N) is 1. The smallest absolute Gasteiger partial charge is 0.308 e. The molecule has 0 aliphatic carbocycles. The molecule has 3 rings (SSSR count). The quantitative estimate of drug-likeness (QED) is 0.0637. The molecule has 15 nitrogen and oxygen atoms in total. The maximum atomic E-state index is 14.4. The van der Waals surface area contributed by atoms with Gasteiger partial charge < -0.3 is 36.6 Å². The van der Waals surface area contributed by atoms with Crippen LogP contribution in [0, 0.1) is 29.1 Å². The number of hydrogen-bond acceptors (Lipinski definition) is 10. The van der Waals surface area contributed by atoms with Gasteiger partial charge in [-0.3, -0.25) is 33.8 Å². The van der Waals surface area contributed by atoms with Crippen molar-refractivity contribution < 1.29 is 33.5 Å². The summed E-state index contributed by atoms with van der Waals surface area (Å²) >= 11 is 1.28. The number of likely N-dealkylation sites (tertiary alicyclic amines) is 1. The lowest BCUT2D eigenvalue weighted by Gasteiger charge is -2.35. The summed E-state index contributed by atoms with van der Waals surface area (Å²) in [5.74, 6) is -3.64. The van der Waals surface area contributed by atoms with Crippen molar-refractivity contribution in [2.45, 2.75) is 112 Å². The Balaban J connectivity index is 1.84. The molecule has 0 saturated carbocycles. The largest absolute Gasteiger partial charge is 0.469 e. The second-order valence-electron chi connectivity index (χ2n) is 17.1. The van der Waals surface area contributed by atoms with E-state index in [9.17, 15) is 28.8 Å². The Kier molecular flexibility index (Phi) is 17.8. The van der Waals surface area contributed by atoms with Crippen molar-refractivity contribution in [2.75, 3.05) is 20.2 Å². The number of ether oxygens (including phenoxy) is 1. The van der Waals surface area contributed by atoms with Gasteiger partial charge in [0.1, 0.15) is 35.5 Å². The molecule has 0 radical (unpaired) electrons. The first-order valence-electron chi connectivity index (χ1n) is 20.2. The number of methoxy groups -OCH3 is 1. The third-order valence-electron chi connectivity index (χ3n) is 10.6. The van der Waals surface area contributed by atoms with E-state index in [0.717, 1.165) is 5.56 Å². The van der Waals surface area contributed by atoms with Crippen LogP contribution in [-0.4, -0.2) is 95.6 Å². The van der Waals surface area contributed by atoms with Crippen molar-refractivity contribution in [1.82, 2.24) is 31.2 Å². The monoisotopic (exact) mass is 836 g/mol. The summed E-state index contributed by atoms with van der Waals surface area (Å²) < 4.78 is 4.86. The molecule has 5 amide bonds. The van der Waals surface area contributed by atoms with Crippen LogP contribution in [0.4, 0.5) is 0 Å². The first-order chi connectivity index (χ1) is 27.7. The topological polar surface area (TPSA) is 214 Å². The van der Waals surface area contributed by atoms with Crippen molar-refractivity contribution >= 4 is 52.7 Å². The van der Waals surface area contributed by atoms with Gasteiger partial charge in [0.15, 0.2) is 0 Å². The van der Waals surface area contributed by atoms with Gasteiger partial charge in [-0.25, -0.2) is 4.98 Å². The van der Waals surface area contributed by atoms with E-state index in [0.29, 0.717) is 11.6 Å². The summed E-state index contributed by atoms with van der Waals surface area (Å²) in [5, 5.41) is 13.7. The van der Waals surface area contributed by atoms with E-state index in [1.54, 1.807) is 22.6 Å². The lowest BCUT2D eigenvalue weighted by Crippen LogP contribution is -2.60. The van der Waals surface area contributed by atoms with Crippen molar-refractivity contribution in [2.24, 2.45) is 39.8 Å². The SMILES string of the molecule is COC(=O)CC(NC(=O)C(NC(=O)CN=C(N)C1C(C)C(C)CN1C(=O)C(NC(=O)C(NC(=O)/C=C/C(C)C)C(C)(C)C)C(C)C)C(C)c1ccccc1)c1nccs1. The average Bonchev–Trinajstić information content (AvgIpc) is 3.83. The second kappa shape index (κ2) is 21.8. The molecule has 8 unspecified atom stereocenters. The molecule has 8 atom stereocenters. The van der Waals surface area contributed by atoms with Crippen LogP contribution in [0.5, 0.6) is 0 Å². The van der Waals surface area contributed by atoms with Gasteiger partial charge in [-0.2, -0.15) is 0 Å². The van der Waals surface area contributed by atoms with Crippen LogP contribution >= 0.6 is 11.3 Å². The minimum atomic E-state index is -1.08. The van der Waals surface area contributed by atoms with Gasteiger partial charge in [-0.05, 0) is 40.7 Å². The number of amidine groups is 1. The molecule has 1 aromatic heterocycles. The van der Waals surface area contributed by atoms with Crippen LogP contribution in [-0.2, 0) is 33.5 Å². The van der Waals surface area contributed by atoms with Gasteiger partial charge in [0.05, 0.1) is 25.6 Å². The highest BCUT2D eigenvalue weighted by Crippen LogP contribution is 2.31. The second-order valence-corrected chi connectivity index (χ2v) is 18.0. The fourth-order valence-corrected chi connectivity index (χ4v) is 7.57. The van der Waals surface area contributed by atoms with Gasteiger partial charge in [0, 0.05) is 24.0 Å². The predicted molar refractivity (Wildman–Crippen MR) is 229 cm³/mol. The number of rotatable bonds is 18. The molecule has 1 saturated heterocycles. The van der Waals surface area contributed by atoms with Crippen molar-refractivity contribution in [3.8, 4) is 0 Å². The molecule has 1 aliphatic heterocycles. The zero-order chi connectivity index (χ0) is 44.2. The normalized spacial score (nSPS) is 19.8. The molecule has 1 aliphatic rings. The molecule has 2 aromatic rings. The standard InChI is InChI=1S/C43H64N8O7S/c1-24(2)17-18-31(52)49-37(43(8,9)10)40(56)50-34(25(3)4)42(57)51-23-26(5)27(6)36(51)38(44)46-22-32(53)48-35(28(7)29-15-13-12-14-16-29)39(55)47-30(21-33(54)58-11)41-45-19-20-59-41/h12-20,24-28,30,34-37H,21-23H2,1-11H3,(H2,44,46)(H,47,55)(H,48,53)(H,49,52)(H,50,56)/b18-17+. The molecule has 1 fully saturated rings. The van der Waals surface area contributed by atoms with Crippen LogP contribution in [0.3, 0.4) is 0 Å². The Bertz CT molecular complexity index is 1810. The van der Waals surface area contributed by atoms with E-state index >= 15 is 0 Å². The molecule has 6 N–H and O–H groups in total. The number of nitrogens with one attached hydrogen (secondary N) is 4. The van der Waals surface area contributed by atoms with E-state index in [1.165, 1.54) is 24.5 Å². The van der Waals surface area contributed by atoms with Crippen molar-refractivity contribution in [3.05, 3.63) is 64.6 Å². The van der Waals surface area contributed by atoms with E-state index < -0.39 is 77.7 Å². The van der Waals surface area contributed by atoms with Gasteiger partial charge in [-0.15, -0.1) is 11.3 Å². The minimum absolute atomic E-state index is 0.0139. The lowest BCUT2D eigenvalue weighted by molar-refractivity contribution is -0.141. The van der Waals surface area contributed by atoms with Crippen LogP contribution < -0.4 is 27.0 Å². The lowest BCUT2D eigenvalue weighted by atomic mass is 9.85. The third-order valence-corrected chi connectivity index (χ3v) is 11.5. The fraction of sp³-hybridized carbons (Fsp3) is 0.581. The number of carbonyl (C=O) groups excluding carboxylic acids is 6. The van der Waals surface area contributed by atoms with Gasteiger partial charge in [-0.1, -0.05) is 106 Å². The first-order valence-corrected chi connectivity index (χ1v) is 21.0. The highest BCUT2D eigenvalue weighted by Gasteiger charge is 2.45. The number of allylic oxidation sites excluding steroid dienone is 1. The Morgan fingerprint density at radius 3 is 2.19 bits per heavy atom. The van der Waals surface area contributed by atoms with Gasteiger partial charge in [0.2, 0.25) is 29.5 Å². The first kappa shape index (κ1) is 48.3. The summed E-state index contributed by atoms with van der Waals surface area (Å²) in [6, 6.07) is 4.81. The molecule has 59 heavy (non-hydrogen) atoms. The van der Waals surface area contributed by atoms with E-state index in [2.05, 4.69) is 31.2 Å². The van der Waals surface area contributed by atoms with Crippen LogP contribution in [0.25, 0.3) is 0 Å². The molecule has 1 aromatic carbocycles. The molecular formula is C43H64N8O7S. The molecule has 0 spiro atoms. The number of hydrogen-bond donors (Lipinski definition) is 5. The maximum absolute atomic E-state index is 14.4. The molecular weight excluding hydrogens is 773 g/mol. The summed E-state index contributed by atoms with van der Waals surface area (Å²) in [5.41, 5.74) is 6.75. The molecule has 324 valence electrons. The fourth-order valence-electron chi connectivity index (χ4n) is 6.88. The predicted octanol–water partition coefficient (Wildman–Crippen LogP) is 3.88. The minimum Gasteiger partial charge on any atom is -0.469 e. The highest BCUT2D eigenvalue weighted by molar-refractivity contribution is 7.09. The summed E-state index contributed by atoms with van der Waals surface area (Å²) in [7, 11) is 1.26. The Morgan fingerprint density at radius 1 is 0.966 bits per heavy atom. The van der Waals surface area contributed by atoms with Crippen LogP contribution in [0.1, 0.15) is 98.2 Å². The Morgan fingerprint density at radius 2 is 1.63 bits per heavy atom. The number of esters is 1. The summed E-state index contributed by atoms with van der Waals surface area (Å²) in [6.45, 7) is 18.7. The Labute approximate surface area is 352 Å². The Hall–Kier alpha value is -5.12. The number of thiazole rings is 1. The number of aliphatic imine (C=N–C) groups is 1. The maximum Gasteiger partial charge on any atom is 0.308 e. The zero-order valence-corrected chi connectivity index (χ0v) is 37.1. The zero-order valence-electron chi connectivity index (χ0n) is 36.3. The van der Waals surface area contributed by atoms with Gasteiger partial charge in [0.25, 0.3) is 0 Å². The number of aromatic nitrogens is 1. The van der Waals surface area contributed by atoms with E-state index in [-0.39, 0.29) is 41.8 Å². The summed E-state index contributed by atoms with van der Waals surface area (Å²) in [4.78, 5) is 91.1. The molecule has 0 bridgehead atoms. The summed E-state index contributed by atoms with van der Waals surface area (Å²) in [6.07, 6.45) is 4.57. The van der Waals surface area contributed by atoms with E-state index in [1.807, 2.05) is 99.6 Å². The average molecular weight is 837 g/mol. The van der Waals surface area contributed by atoms with Crippen LogP contribution in [0.2, 0.25) is 0 Å². The number of benzene rings is 1. The van der Waals surface area contributed by atoms with Crippen molar-refractivity contribution in [3.63, 3.8) is 0 Å². The van der Waals surface area contributed by atoms with Crippen LogP contribution in [0.15, 0.2) is 59.1 Å². The third kappa shape index (κ3) is 13.7.